The van der Waals surface area contributed by atoms with E-state index in [-0.39, 0.29) is 5.92 Å². The standard InChI is InChI=1S/C15H20Cl2N2O/c1-3-7-19(2)8-6-13(10-18-11-20)12-4-5-14(16)15(17)9-12/h3-5,9,11,13H,1,6-8,10H2,2H3,(H,18,20). The Labute approximate surface area is 130 Å². The van der Waals surface area contributed by atoms with E-state index in [4.69, 9.17) is 23.2 Å². The second-order valence-corrected chi connectivity index (χ2v) is 5.55. The van der Waals surface area contributed by atoms with Gasteiger partial charge >= 0.3 is 0 Å². The van der Waals surface area contributed by atoms with Crippen LogP contribution in [0.4, 0.5) is 0 Å². The topological polar surface area (TPSA) is 32.3 Å². The van der Waals surface area contributed by atoms with Gasteiger partial charge in [-0.2, -0.15) is 0 Å². The Balaban J connectivity index is 2.74. The lowest BCUT2D eigenvalue weighted by Crippen LogP contribution is -2.26. The van der Waals surface area contributed by atoms with E-state index in [9.17, 15) is 4.79 Å². The van der Waals surface area contributed by atoms with Crippen molar-refractivity contribution in [2.24, 2.45) is 0 Å². The van der Waals surface area contributed by atoms with E-state index >= 15 is 0 Å². The van der Waals surface area contributed by atoms with E-state index in [1.165, 1.54) is 0 Å². The smallest absolute Gasteiger partial charge is 0.207 e. The molecule has 3 nitrogen and oxygen atoms in total. The first-order valence-electron chi connectivity index (χ1n) is 6.50. The Kier molecular flexibility index (Phi) is 7.67. The number of nitrogens with zero attached hydrogens (tertiary/aromatic N) is 1. The van der Waals surface area contributed by atoms with Crippen LogP contribution in [0.5, 0.6) is 0 Å². The van der Waals surface area contributed by atoms with Crippen molar-refractivity contribution in [2.75, 3.05) is 26.7 Å². The summed E-state index contributed by atoms with van der Waals surface area (Å²) in [5.74, 6) is 0.210. The molecule has 1 aromatic rings. The molecule has 0 saturated heterocycles. The van der Waals surface area contributed by atoms with E-state index in [1.54, 1.807) is 6.07 Å². The summed E-state index contributed by atoms with van der Waals surface area (Å²) < 4.78 is 0. The molecule has 110 valence electrons. The maximum atomic E-state index is 10.5. The van der Waals surface area contributed by atoms with Gasteiger partial charge in [0, 0.05) is 19.0 Å². The first kappa shape index (κ1) is 17.0. The van der Waals surface area contributed by atoms with Gasteiger partial charge in [-0.15, -0.1) is 6.58 Å². The molecule has 1 rings (SSSR count). The molecule has 1 N–H and O–H groups in total. The fraction of sp³-hybridized carbons (Fsp3) is 0.400. The molecular weight excluding hydrogens is 295 g/mol. The largest absolute Gasteiger partial charge is 0.358 e. The summed E-state index contributed by atoms with van der Waals surface area (Å²) in [6.07, 6.45) is 3.51. The van der Waals surface area contributed by atoms with Crippen LogP contribution >= 0.6 is 23.2 Å². The van der Waals surface area contributed by atoms with Crippen molar-refractivity contribution >= 4 is 29.6 Å². The predicted octanol–water partition coefficient (Wildman–Crippen LogP) is 3.33. The van der Waals surface area contributed by atoms with Gasteiger partial charge in [-0.1, -0.05) is 35.3 Å². The maximum Gasteiger partial charge on any atom is 0.207 e. The lowest BCUT2D eigenvalue weighted by molar-refractivity contribution is -0.109. The molecule has 1 atom stereocenters. The highest BCUT2D eigenvalue weighted by Crippen LogP contribution is 2.28. The normalized spacial score (nSPS) is 12.2. The van der Waals surface area contributed by atoms with Crippen LogP contribution in [-0.4, -0.2) is 38.0 Å². The van der Waals surface area contributed by atoms with Crippen LogP contribution in [0.25, 0.3) is 0 Å². The molecule has 1 aromatic carbocycles. The molecule has 0 heterocycles. The zero-order valence-corrected chi connectivity index (χ0v) is 13.1. The maximum absolute atomic E-state index is 10.5. The molecule has 1 unspecified atom stereocenters. The van der Waals surface area contributed by atoms with Gasteiger partial charge < -0.3 is 10.2 Å². The zero-order chi connectivity index (χ0) is 15.0. The number of benzene rings is 1. The van der Waals surface area contributed by atoms with Gasteiger partial charge in [0.15, 0.2) is 0 Å². The van der Waals surface area contributed by atoms with Crippen LogP contribution in [0.1, 0.15) is 17.9 Å². The van der Waals surface area contributed by atoms with E-state index < -0.39 is 0 Å². The molecule has 1 amide bonds. The Morgan fingerprint density at radius 3 is 2.75 bits per heavy atom. The highest BCUT2D eigenvalue weighted by atomic mass is 35.5. The van der Waals surface area contributed by atoms with Gasteiger partial charge in [-0.05, 0) is 37.7 Å². The minimum atomic E-state index is 0.210. The van der Waals surface area contributed by atoms with E-state index in [0.29, 0.717) is 16.6 Å². The summed E-state index contributed by atoms with van der Waals surface area (Å²) in [4.78, 5) is 12.7. The SMILES string of the molecule is C=CCN(C)CCC(CNC=O)c1ccc(Cl)c(Cl)c1. The van der Waals surface area contributed by atoms with Gasteiger partial charge in [-0.25, -0.2) is 0 Å². The molecule has 0 aliphatic heterocycles. The second kappa shape index (κ2) is 9.01. The summed E-state index contributed by atoms with van der Waals surface area (Å²) in [6, 6.07) is 5.62. The second-order valence-electron chi connectivity index (χ2n) is 4.74. The monoisotopic (exact) mass is 314 g/mol. The van der Waals surface area contributed by atoms with Gasteiger partial charge in [-0.3, -0.25) is 4.79 Å². The number of likely N-dealkylation sites (N-methyl/N-ethyl adjacent to an activating group) is 1. The highest BCUT2D eigenvalue weighted by molar-refractivity contribution is 6.42. The Morgan fingerprint density at radius 2 is 2.15 bits per heavy atom. The van der Waals surface area contributed by atoms with Gasteiger partial charge in [0.25, 0.3) is 0 Å². The number of amides is 1. The number of rotatable bonds is 9. The minimum absolute atomic E-state index is 0.210. The van der Waals surface area contributed by atoms with Gasteiger partial charge in [0.2, 0.25) is 6.41 Å². The fourth-order valence-electron chi connectivity index (χ4n) is 2.03. The summed E-state index contributed by atoms with van der Waals surface area (Å²) in [5, 5.41) is 3.83. The number of nitrogens with one attached hydrogen (secondary N) is 1. The van der Waals surface area contributed by atoms with Crippen molar-refractivity contribution in [3.8, 4) is 0 Å². The molecule has 5 heteroatoms. The zero-order valence-electron chi connectivity index (χ0n) is 11.6. The van der Waals surface area contributed by atoms with E-state index in [2.05, 4.69) is 16.8 Å². The summed E-state index contributed by atoms with van der Waals surface area (Å²) in [7, 11) is 2.04. The van der Waals surface area contributed by atoms with E-state index in [0.717, 1.165) is 31.5 Å². The molecule has 0 aliphatic rings. The van der Waals surface area contributed by atoms with Crippen molar-refractivity contribution < 1.29 is 4.79 Å². The molecular formula is C15H20Cl2N2O. The number of carbonyl (C=O) groups is 1. The first-order valence-corrected chi connectivity index (χ1v) is 7.25. The summed E-state index contributed by atoms with van der Waals surface area (Å²) in [5.41, 5.74) is 1.08. The third-order valence-corrected chi connectivity index (χ3v) is 3.90. The Hall–Kier alpha value is -1.03. The molecule has 0 saturated carbocycles. The van der Waals surface area contributed by atoms with Crippen molar-refractivity contribution in [2.45, 2.75) is 12.3 Å². The third-order valence-electron chi connectivity index (χ3n) is 3.16. The van der Waals surface area contributed by atoms with E-state index in [1.807, 2.05) is 25.3 Å². The average molecular weight is 315 g/mol. The Morgan fingerprint density at radius 1 is 1.40 bits per heavy atom. The van der Waals surface area contributed by atoms with Crippen LogP contribution in [0.15, 0.2) is 30.9 Å². The van der Waals surface area contributed by atoms with Crippen LogP contribution in [0.3, 0.4) is 0 Å². The fourth-order valence-corrected chi connectivity index (χ4v) is 2.34. The molecule has 20 heavy (non-hydrogen) atoms. The van der Waals surface area contributed by atoms with Crippen LogP contribution in [-0.2, 0) is 4.79 Å². The lowest BCUT2D eigenvalue weighted by atomic mass is 9.95. The molecule has 0 aliphatic carbocycles. The number of halogens is 2. The minimum Gasteiger partial charge on any atom is -0.358 e. The van der Waals surface area contributed by atoms with Crippen LogP contribution in [0, 0.1) is 0 Å². The molecule has 0 spiro atoms. The van der Waals surface area contributed by atoms with Crippen molar-refractivity contribution in [3.05, 3.63) is 46.5 Å². The average Bonchev–Trinajstić information content (AvgIpc) is 2.42. The van der Waals surface area contributed by atoms with Crippen molar-refractivity contribution in [1.29, 1.82) is 0 Å². The van der Waals surface area contributed by atoms with Crippen molar-refractivity contribution in [3.63, 3.8) is 0 Å². The molecule has 0 aromatic heterocycles. The Bertz CT molecular complexity index is 451. The van der Waals surface area contributed by atoms with Crippen molar-refractivity contribution in [1.82, 2.24) is 10.2 Å². The number of carbonyl (C=O) groups excluding carboxylic acids is 1. The quantitative estimate of drug-likeness (QED) is 0.560. The van der Waals surface area contributed by atoms with Crippen LogP contribution in [0.2, 0.25) is 10.0 Å². The number of hydrogen-bond donors (Lipinski definition) is 1. The summed E-state index contributed by atoms with van der Waals surface area (Å²) >= 11 is 12.0. The highest BCUT2D eigenvalue weighted by Gasteiger charge is 2.13. The summed E-state index contributed by atoms with van der Waals surface area (Å²) in [6.45, 7) is 6.07. The molecule has 0 bridgehead atoms. The first-order chi connectivity index (χ1) is 9.58. The number of hydrogen-bond acceptors (Lipinski definition) is 2. The molecule has 0 fully saturated rings. The van der Waals surface area contributed by atoms with Crippen LogP contribution < -0.4 is 5.32 Å². The predicted molar refractivity (Wildman–Crippen MR) is 85.6 cm³/mol. The third kappa shape index (κ3) is 5.53. The lowest BCUT2D eigenvalue weighted by Gasteiger charge is -2.21. The van der Waals surface area contributed by atoms with Gasteiger partial charge in [0.05, 0.1) is 10.0 Å². The molecule has 0 radical (unpaired) electrons. The van der Waals surface area contributed by atoms with Gasteiger partial charge in [0.1, 0.15) is 0 Å².